The number of fused-ring (bicyclic) bond motifs is 1. The Labute approximate surface area is 259 Å². The number of urea groups is 1. The van der Waals surface area contributed by atoms with Crippen molar-refractivity contribution in [2.24, 2.45) is 5.41 Å². The van der Waals surface area contributed by atoms with Crippen LogP contribution < -0.4 is 15.7 Å². The van der Waals surface area contributed by atoms with Crippen molar-refractivity contribution in [1.29, 1.82) is 0 Å². The van der Waals surface area contributed by atoms with E-state index in [4.69, 9.17) is 21.2 Å². The highest BCUT2D eigenvalue weighted by Crippen LogP contribution is 2.43. The van der Waals surface area contributed by atoms with Crippen LogP contribution in [0.2, 0.25) is 5.02 Å². The number of carbonyl (C=O) groups excluding carboxylic acids is 4. The smallest absolute Gasteiger partial charge is 0.343 e. The Morgan fingerprint density at radius 3 is 2.02 bits per heavy atom. The van der Waals surface area contributed by atoms with Crippen molar-refractivity contribution >= 4 is 63.9 Å². The van der Waals surface area contributed by atoms with Crippen LogP contribution in [0.5, 0.6) is 0 Å². The number of carbonyl (C=O) groups is 4. The quantitative estimate of drug-likeness (QED) is 0.132. The molecule has 0 saturated carbocycles. The molecular formula is C34H28ClN3O6. The van der Waals surface area contributed by atoms with Gasteiger partial charge in [0.1, 0.15) is 0 Å². The lowest BCUT2D eigenvalue weighted by Gasteiger charge is -2.22. The van der Waals surface area contributed by atoms with Crippen molar-refractivity contribution in [1.82, 2.24) is 0 Å². The van der Waals surface area contributed by atoms with Crippen molar-refractivity contribution in [3.8, 4) is 0 Å². The van der Waals surface area contributed by atoms with Gasteiger partial charge in [0.25, 0.3) is 5.91 Å². The molecule has 2 N–H and O–H groups in total. The summed E-state index contributed by atoms with van der Waals surface area (Å²) in [5, 5.41) is 6.59. The zero-order valence-corrected chi connectivity index (χ0v) is 24.8. The Hall–Kier alpha value is -5.41. The predicted molar refractivity (Wildman–Crippen MR) is 169 cm³/mol. The van der Waals surface area contributed by atoms with Gasteiger partial charge in [0.2, 0.25) is 0 Å². The first-order valence-corrected chi connectivity index (χ1v) is 14.0. The average molecular weight is 610 g/mol. The first-order valence-electron chi connectivity index (χ1n) is 13.6. The van der Waals surface area contributed by atoms with Crippen LogP contribution in [0.15, 0.2) is 103 Å². The third kappa shape index (κ3) is 6.48. The number of benzene rings is 4. The molecule has 9 nitrogen and oxygen atoms in total. The van der Waals surface area contributed by atoms with Gasteiger partial charge in [-0.25, -0.2) is 14.4 Å². The van der Waals surface area contributed by atoms with Gasteiger partial charge in [0.15, 0.2) is 5.76 Å². The molecule has 0 spiro atoms. The Bertz CT molecular complexity index is 1780. The van der Waals surface area contributed by atoms with E-state index in [0.717, 1.165) is 5.06 Å². The van der Waals surface area contributed by atoms with E-state index in [0.29, 0.717) is 27.5 Å². The number of hydrogen-bond donors (Lipinski definition) is 2. The molecule has 4 aromatic carbocycles. The van der Waals surface area contributed by atoms with Crippen molar-refractivity contribution < 1.29 is 28.8 Å². The maximum atomic E-state index is 14.1. The fourth-order valence-corrected chi connectivity index (χ4v) is 4.44. The molecule has 0 fully saturated rings. The second kappa shape index (κ2) is 12.4. The van der Waals surface area contributed by atoms with Crippen molar-refractivity contribution in [2.75, 3.05) is 15.7 Å². The number of esters is 1. The van der Waals surface area contributed by atoms with Crippen LogP contribution in [0.1, 0.15) is 42.3 Å². The van der Waals surface area contributed by atoms with Crippen LogP contribution in [0, 0.1) is 5.41 Å². The number of amides is 3. The summed E-state index contributed by atoms with van der Waals surface area (Å²) in [6, 6.07) is 27.9. The topological polar surface area (TPSA) is 114 Å². The summed E-state index contributed by atoms with van der Waals surface area (Å²) in [7, 11) is 0. The highest BCUT2D eigenvalue weighted by atomic mass is 35.5. The van der Waals surface area contributed by atoms with Gasteiger partial charge in [-0.3, -0.25) is 4.79 Å². The summed E-state index contributed by atoms with van der Waals surface area (Å²) < 4.78 is 5.89. The number of nitrogens with one attached hydrogen (secondary N) is 2. The van der Waals surface area contributed by atoms with Crippen LogP contribution >= 0.6 is 11.6 Å². The molecule has 5 rings (SSSR count). The molecule has 0 atom stereocenters. The van der Waals surface area contributed by atoms with Crippen molar-refractivity contribution in [2.45, 2.75) is 20.8 Å². The third-order valence-corrected chi connectivity index (χ3v) is 6.85. The number of para-hydroxylation sites is 1. The van der Waals surface area contributed by atoms with E-state index in [1.165, 1.54) is 6.07 Å². The van der Waals surface area contributed by atoms with E-state index in [1.54, 1.807) is 118 Å². The standard InChI is InChI=1S/C34H28ClN3O6/c1-34(2,3)32(41)44-38-27-20-23(36-33(42)37-26-17-11-10-16-25(26)35)18-19-24(27)28(30(38)39)29(21-12-6-4-7-13-21)43-31(40)22-14-8-5-9-15-22/h4-20H,1-3H3,(H2,36,37,42)/b29-28-. The lowest BCUT2D eigenvalue weighted by atomic mass is 9.98. The Balaban J connectivity index is 1.59. The average Bonchev–Trinajstić information content (AvgIpc) is 3.27. The Morgan fingerprint density at radius 2 is 1.39 bits per heavy atom. The van der Waals surface area contributed by atoms with E-state index < -0.39 is 29.3 Å². The zero-order chi connectivity index (χ0) is 31.4. The van der Waals surface area contributed by atoms with E-state index in [2.05, 4.69) is 10.6 Å². The van der Waals surface area contributed by atoms with Gasteiger partial charge < -0.3 is 20.2 Å². The van der Waals surface area contributed by atoms with Gasteiger partial charge in [-0.1, -0.05) is 72.3 Å². The first-order chi connectivity index (χ1) is 21.0. The lowest BCUT2D eigenvalue weighted by Crippen LogP contribution is -2.35. The molecule has 0 aliphatic carbocycles. The number of halogens is 1. The lowest BCUT2D eigenvalue weighted by molar-refractivity contribution is -0.157. The highest BCUT2D eigenvalue weighted by molar-refractivity contribution is 6.37. The number of hydroxylamine groups is 1. The molecule has 10 heteroatoms. The van der Waals surface area contributed by atoms with Crippen LogP contribution in [0.3, 0.4) is 0 Å². The molecule has 0 aromatic heterocycles. The van der Waals surface area contributed by atoms with Gasteiger partial charge in [-0.05, 0) is 63.2 Å². The Morgan fingerprint density at radius 1 is 0.773 bits per heavy atom. The second-order valence-corrected chi connectivity index (χ2v) is 11.3. The first kappa shape index (κ1) is 30.1. The molecule has 1 aliphatic heterocycles. The number of nitrogens with zero attached hydrogens (tertiary/aromatic N) is 1. The minimum atomic E-state index is -0.945. The minimum Gasteiger partial charge on any atom is -0.421 e. The molecule has 4 aromatic rings. The number of hydrogen-bond acceptors (Lipinski definition) is 6. The van der Waals surface area contributed by atoms with Crippen molar-refractivity contribution in [3.63, 3.8) is 0 Å². The Kier molecular flexibility index (Phi) is 8.50. The zero-order valence-electron chi connectivity index (χ0n) is 24.1. The highest BCUT2D eigenvalue weighted by Gasteiger charge is 2.41. The summed E-state index contributed by atoms with van der Waals surface area (Å²) in [5.74, 6) is -2.09. The fourth-order valence-electron chi connectivity index (χ4n) is 4.26. The minimum absolute atomic E-state index is 0.00394. The SMILES string of the molecule is CC(C)(C)C(=O)ON1C(=O)/C(=C(\OC(=O)c2ccccc2)c2ccccc2)c2ccc(NC(=O)Nc3ccccc3Cl)cc21. The second-order valence-electron chi connectivity index (χ2n) is 10.8. The third-order valence-electron chi connectivity index (χ3n) is 6.52. The summed E-state index contributed by atoms with van der Waals surface area (Å²) in [5.41, 5.74) is 0.992. The normalized spacial score (nSPS) is 13.5. The predicted octanol–water partition coefficient (Wildman–Crippen LogP) is 7.56. The van der Waals surface area contributed by atoms with E-state index in [9.17, 15) is 19.2 Å². The van der Waals surface area contributed by atoms with Gasteiger partial charge in [-0.15, -0.1) is 5.06 Å². The maximum absolute atomic E-state index is 14.1. The molecule has 1 heterocycles. The summed E-state index contributed by atoms with van der Waals surface area (Å²) in [6.07, 6.45) is 0. The molecule has 0 unspecified atom stereocenters. The van der Waals surface area contributed by atoms with Gasteiger partial charge in [-0.2, -0.15) is 0 Å². The molecule has 3 amide bonds. The molecule has 44 heavy (non-hydrogen) atoms. The van der Waals surface area contributed by atoms with Gasteiger partial charge in [0.05, 0.1) is 32.9 Å². The molecule has 1 aliphatic rings. The monoisotopic (exact) mass is 609 g/mol. The van der Waals surface area contributed by atoms with E-state index in [-0.39, 0.29) is 22.6 Å². The molecule has 222 valence electrons. The van der Waals surface area contributed by atoms with Crippen LogP contribution in [0.25, 0.3) is 11.3 Å². The van der Waals surface area contributed by atoms with Gasteiger partial charge >= 0.3 is 18.0 Å². The summed E-state index contributed by atoms with van der Waals surface area (Å²) >= 11 is 6.16. The van der Waals surface area contributed by atoms with Crippen LogP contribution in [0.4, 0.5) is 21.9 Å². The number of anilines is 3. The van der Waals surface area contributed by atoms with Crippen molar-refractivity contribution in [3.05, 3.63) is 125 Å². The molecule has 0 radical (unpaired) electrons. The van der Waals surface area contributed by atoms with E-state index >= 15 is 0 Å². The van der Waals surface area contributed by atoms with Crippen LogP contribution in [-0.2, 0) is 19.2 Å². The molecule has 0 bridgehead atoms. The number of rotatable bonds is 6. The van der Waals surface area contributed by atoms with Crippen LogP contribution in [-0.4, -0.2) is 23.9 Å². The van der Waals surface area contributed by atoms with E-state index in [1.807, 2.05) is 0 Å². The fraction of sp³-hybridized carbons (Fsp3) is 0.118. The largest absolute Gasteiger partial charge is 0.421 e. The van der Waals surface area contributed by atoms with Gasteiger partial charge in [0, 0.05) is 16.8 Å². The number of ether oxygens (including phenoxy) is 1. The summed E-state index contributed by atoms with van der Waals surface area (Å²) in [6.45, 7) is 4.96. The molecular weight excluding hydrogens is 582 g/mol. The molecule has 0 saturated heterocycles. The maximum Gasteiger partial charge on any atom is 0.343 e. The summed E-state index contributed by atoms with van der Waals surface area (Å²) in [4.78, 5) is 58.6.